The van der Waals surface area contributed by atoms with Gasteiger partial charge in [-0.1, -0.05) is 180 Å². The van der Waals surface area contributed by atoms with Crippen molar-refractivity contribution in [2.75, 3.05) is 13.2 Å². The Balaban J connectivity index is 3.52. The molecule has 0 spiro atoms. The monoisotopic (exact) mass is 651 g/mol. The summed E-state index contributed by atoms with van der Waals surface area (Å²) in [6.07, 6.45) is 42.7. The van der Waals surface area contributed by atoms with Gasteiger partial charge in [0.15, 0.2) is 6.10 Å². The maximum absolute atomic E-state index is 12.2. The molecule has 0 amide bonds. The van der Waals surface area contributed by atoms with E-state index in [0.29, 0.717) is 12.8 Å². The van der Waals surface area contributed by atoms with E-state index in [1.807, 2.05) is 0 Å². The number of rotatable bonds is 37. The Bertz CT molecular complexity index is 661. The normalized spacial score (nSPS) is 12.2. The predicted molar refractivity (Wildman–Crippen MR) is 196 cm³/mol. The molecule has 0 fully saturated rings. The Labute approximate surface area is 286 Å². The van der Waals surface area contributed by atoms with E-state index in [-0.39, 0.29) is 25.2 Å². The minimum absolute atomic E-state index is 0.0643. The zero-order valence-electron chi connectivity index (χ0n) is 30.9. The van der Waals surface area contributed by atoms with Crippen LogP contribution in [0, 0.1) is 0 Å². The molecule has 0 bridgehead atoms. The van der Waals surface area contributed by atoms with Crippen molar-refractivity contribution in [2.45, 2.75) is 225 Å². The molecule has 46 heavy (non-hydrogen) atoms. The average Bonchev–Trinajstić information content (AvgIpc) is 3.06. The molecule has 0 aromatic rings. The van der Waals surface area contributed by atoms with E-state index in [1.165, 1.54) is 148 Å². The van der Waals surface area contributed by atoms with Crippen molar-refractivity contribution >= 4 is 11.9 Å². The lowest BCUT2D eigenvalue weighted by atomic mass is 10.0. The number of hydrogen-bond donors (Lipinski definition) is 1. The average molecular weight is 651 g/mol. The van der Waals surface area contributed by atoms with Crippen LogP contribution in [0.25, 0.3) is 0 Å². The molecule has 5 heteroatoms. The van der Waals surface area contributed by atoms with Crippen LogP contribution in [-0.4, -0.2) is 36.4 Å². The molecule has 0 aliphatic rings. The summed E-state index contributed by atoms with van der Waals surface area (Å²) in [6, 6.07) is 0. The van der Waals surface area contributed by atoms with Crippen LogP contribution in [0.2, 0.25) is 0 Å². The number of esters is 2. The first-order chi connectivity index (χ1) is 22.6. The standard InChI is InChI=1S/C41H78O5/c1-3-5-7-9-11-13-15-17-19-20-22-24-26-28-30-32-34-36-41(44)46-39(37-42)38-45-40(43)35-33-31-29-27-25-23-21-18-16-14-12-10-8-6-4-2/h18,21,39,42H,3-17,19-20,22-38H2,1-2H3/t39-/m0/s1. The minimum Gasteiger partial charge on any atom is -0.462 e. The first-order valence-electron chi connectivity index (χ1n) is 20.2. The van der Waals surface area contributed by atoms with Gasteiger partial charge < -0.3 is 14.6 Å². The Hall–Kier alpha value is -1.36. The van der Waals surface area contributed by atoms with Crippen molar-refractivity contribution < 1.29 is 24.2 Å². The third-order valence-electron chi connectivity index (χ3n) is 9.06. The lowest BCUT2D eigenvalue weighted by molar-refractivity contribution is -0.161. The summed E-state index contributed by atoms with van der Waals surface area (Å²) in [7, 11) is 0. The quantitative estimate of drug-likeness (QED) is 0.0411. The summed E-state index contributed by atoms with van der Waals surface area (Å²) in [5, 5.41) is 9.55. The van der Waals surface area contributed by atoms with Crippen LogP contribution in [0.4, 0.5) is 0 Å². The molecular weight excluding hydrogens is 572 g/mol. The third-order valence-corrected chi connectivity index (χ3v) is 9.06. The number of carbonyl (C=O) groups excluding carboxylic acids is 2. The van der Waals surface area contributed by atoms with Gasteiger partial charge in [0.05, 0.1) is 6.61 Å². The first-order valence-corrected chi connectivity index (χ1v) is 20.2. The fourth-order valence-electron chi connectivity index (χ4n) is 5.96. The molecule has 272 valence electrons. The molecule has 0 heterocycles. The molecule has 1 atom stereocenters. The zero-order chi connectivity index (χ0) is 33.6. The number of unbranched alkanes of at least 4 members (excludes halogenated alkanes) is 27. The molecule has 0 saturated carbocycles. The molecule has 0 aromatic carbocycles. The number of allylic oxidation sites excluding steroid dienone is 2. The first kappa shape index (κ1) is 44.6. The van der Waals surface area contributed by atoms with Gasteiger partial charge in [0, 0.05) is 12.8 Å². The number of aliphatic hydroxyl groups excluding tert-OH is 1. The second-order valence-electron chi connectivity index (χ2n) is 13.7. The molecule has 0 radical (unpaired) electrons. The van der Waals surface area contributed by atoms with Crippen LogP contribution in [0.5, 0.6) is 0 Å². The second-order valence-corrected chi connectivity index (χ2v) is 13.7. The molecule has 1 N–H and O–H groups in total. The molecule has 5 nitrogen and oxygen atoms in total. The van der Waals surface area contributed by atoms with Gasteiger partial charge in [0.2, 0.25) is 0 Å². The zero-order valence-corrected chi connectivity index (χ0v) is 30.9. The van der Waals surface area contributed by atoms with Gasteiger partial charge in [-0.2, -0.15) is 0 Å². The molecule has 0 aliphatic heterocycles. The van der Waals surface area contributed by atoms with Crippen LogP contribution in [0.1, 0.15) is 219 Å². The second kappa shape index (κ2) is 38.1. The van der Waals surface area contributed by atoms with Crippen LogP contribution >= 0.6 is 0 Å². The van der Waals surface area contributed by atoms with Gasteiger partial charge in [0.25, 0.3) is 0 Å². The lowest BCUT2D eigenvalue weighted by Crippen LogP contribution is -2.28. The maximum atomic E-state index is 12.2. The van der Waals surface area contributed by atoms with Gasteiger partial charge >= 0.3 is 11.9 Å². The highest BCUT2D eigenvalue weighted by atomic mass is 16.6. The Kier molecular flexibility index (Phi) is 37.0. The summed E-state index contributed by atoms with van der Waals surface area (Å²) in [5.74, 6) is -0.589. The van der Waals surface area contributed by atoms with Crippen molar-refractivity contribution in [2.24, 2.45) is 0 Å². The molecule has 0 rings (SSSR count). The molecule has 0 unspecified atom stereocenters. The van der Waals surface area contributed by atoms with Gasteiger partial charge in [-0.25, -0.2) is 0 Å². The SMILES string of the molecule is CCCCCCCCC=CCCCCCCCC(=O)OC[C@H](CO)OC(=O)CCCCCCCCCCCCCCCCCCC. The Morgan fingerprint density at radius 2 is 0.804 bits per heavy atom. The lowest BCUT2D eigenvalue weighted by Gasteiger charge is -2.15. The van der Waals surface area contributed by atoms with E-state index >= 15 is 0 Å². The topological polar surface area (TPSA) is 72.8 Å². The van der Waals surface area contributed by atoms with Crippen molar-refractivity contribution in [1.29, 1.82) is 0 Å². The van der Waals surface area contributed by atoms with E-state index in [4.69, 9.17) is 9.47 Å². The molecule has 0 aliphatic carbocycles. The van der Waals surface area contributed by atoms with Gasteiger partial charge in [-0.3, -0.25) is 9.59 Å². The highest BCUT2D eigenvalue weighted by Gasteiger charge is 2.16. The Morgan fingerprint density at radius 3 is 1.17 bits per heavy atom. The number of aliphatic hydroxyl groups is 1. The van der Waals surface area contributed by atoms with E-state index in [2.05, 4.69) is 26.0 Å². The largest absolute Gasteiger partial charge is 0.462 e. The van der Waals surface area contributed by atoms with Gasteiger partial charge in [-0.15, -0.1) is 0 Å². The fraction of sp³-hybridized carbons (Fsp3) is 0.902. The summed E-state index contributed by atoms with van der Waals surface area (Å²) in [5.41, 5.74) is 0. The van der Waals surface area contributed by atoms with Gasteiger partial charge in [-0.05, 0) is 38.5 Å². The Morgan fingerprint density at radius 1 is 0.478 bits per heavy atom. The van der Waals surface area contributed by atoms with Crippen molar-refractivity contribution in [1.82, 2.24) is 0 Å². The maximum Gasteiger partial charge on any atom is 0.306 e. The number of hydrogen-bond acceptors (Lipinski definition) is 5. The summed E-state index contributed by atoms with van der Waals surface area (Å²) in [4.78, 5) is 24.2. The van der Waals surface area contributed by atoms with E-state index < -0.39 is 6.10 Å². The van der Waals surface area contributed by atoms with Crippen LogP contribution in [0.3, 0.4) is 0 Å². The minimum atomic E-state index is -0.767. The van der Waals surface area contributed by atoms with E-state index in [0.717, 1.165) is 44.9 Å². The third kappa shape index (κ3) is 35.5. The summed E-state index contributed by atoms with van der Waals surface area (Å²) >= 11 is 0. The highest BCUT2D eigenvalue weighted by Crippen LogP contribution is 2.15. The van der Waals surface area contributed by atoms with Crippen molar-refractivity contribution in [3.05, 3.63) is 12.2 Å². The van der Waals surface area contributed by atoms with Crippen molar-refractivity contribution in [3.63, 3.8) is 0 Å². The number of carbonyl (C=O) groups is 2. The summed E-state index contributed by atoms with van der Waals surface area (Å²) in [6.45, 7) is 4.14. The smallest absolute Gasteiger partial charge is 0.306 e. The highest BCUT2D eigenvalue weighted by molar-refractivity contribution is 5.70. The van der Waals surface area contributed by atoms with E-state index in [1.54, 1.807) is 0 Å². The van der Waals surface area contributed by atoms with Gasteiger partial charge in [0.1, 0.15) is 6.61 Å². The fourth-order valence-corrected chi connectivity index (χ4v) is 5.96. The molecule has 0 saturated heterocycles. The van der Waals surface area contributed by atoms with E-state index in [9.17, 15) is 14.7 Å². The van der Waals surface area contributed by atoms with Crippen LogP contribution < -0.4 is 0 Å². The number of ether oxygens (including phenoxy) is 2. The van der Waals surface area contributed by atoms with Crippen molar-refractivity contribution in [3.8, 4) is 0 Å². The van der Waals surface area contributed by atoms with Crippen LogP contribution in [0.15, 0.2) is 12.2 Å². The molecule has 0 aromatic heterocycles. The molecular formula is C41H78O5. The summed E-state index contributed by atoms with van der Waals surface area (Å²) < 4.78 is 10.6. The predicted octanol–water partition coefficient (Wildman–Crippen LogP) is 12.5. The van der Waals surface area contributed by atoms with Crippen LogP contribution in [-0.2, 0) is 19.1 Å².